The van der Waals surface area contributed by atoms with E-state index in [1.165, 1.54) is 11.1 Å². The van der Waals surface area contributed by atoms with E-state index in [4.69, 9.17) is 9.47 Å². The number of benzene rings is 1. The molecular weight excluding hydrogens is 250 g/mol. The summed E-state index contributed by atoms with van der Waals surface area (Å²) < 4.78 is 11.5. The van der Waals surface area contributed by atoms with Crippen molar-refractivity contribution in [2.75, 3.05) is 26.9 Å². The lowest BCUT2D eigenvalue weighted by atomic mass is 9.82. The Labute approximate surface area is 122 Å². The topological polar surface area (TPSA) is 30.5 Å². The molecule has 0 spiro atoms. The van der Waals surface area contributed by atoms with Crippen molar-refractivity contribution in [3.63, 3.8) is 0 Å². The average molecular weight is 277 g/mol. The van der Waals surface area contributed by atoms with Gasteiger partial charge in [0.25, 0.3) is 0 Å². The fourth-order valence-electron chi connectivity index (χ4n) is 3.16. The fourth-order valence-corrected chi connectivity index (χ4v) is 3.16. The minimum Gasteiger partial charge on any atom is -0.381 e. The van der Waals surface area contributed by atoms with E-state index in [-0.39, 0.29) is 5.60 Å². The number of likely N-dealkylation sites (N-methyl/N-ethyl adjacent to an activating group) is 1. The zero-order valence-electron chi connectivity index (χ0n) is 12.9. The van der Waals surface area contributed by atoms with E-state index in [0.717, 1.165) is 39.0 Å². The zero-order valence-corrected chi connectivity index (χ0v) is 12.9. The molecule has 1 aliphatic rings. The van der Waals surface area contributed by atoms with E-state index in [9.17, 15) is 0 Å². The van der Waals surface area contributed by atoms with Gasteiger partial charge in [0.1, 0.15) is 0 Å². The predicted octanol–water partition coefficient (Wildman–Crippen LogP) is 2.71. The smallest absolute Gasteiger partial charge is 0.0877 e. The summed E-state index contributed by atoms with van der Waals surface area (Å²) >= 11 is 0. The molecule has 1 unspecified atom stereocenters. The summed E-state index contributed by atoms with van der Waals surface area (Å²) in [5.74, 6) is 0. The molecule has 1 aliphatic heterocycles. The van der Waals surface area contributed by atoms with E-state index < -0.39 is 0 Å². The number of hydrogen-bond donors (Lipinski definition) is 1. The first-order valence-corrected chi connectivity index (χ1v) is 7.62. The number of nitrogens with one attached hydrogen (secondary N) is 1. The van der Waals surface area contributed by atoms with Crippen LogP contribution in [0.5, 0.6) is 0 Å². The van der Waals surface area contributed by atoms with E-state index >= 15 is 0 Å². The van der Waals surface area contributed by atoms with Crippen LogP contribution in [-0.2, 0) is 15.9 Å². The van der Waals surface area contributed by atoms with Gasteiger partial charge in [0.05, 0.1) is 5.60 Å². The van der Waals surface area contributed by atoms with Gasteiger partial charge < -0.3 is 14.8 Å². The minimum atomic E-state index is -0.101. The number of methoxy groups -OCH3 is 1. The summed E-state index contributed by atoms with van der Waals surface area (Å²) in [6.45, 7) is 6.89. The van der Waals surface area contributed by atoms with E-state index in [0.29, 0.717) is 6.04 Å². The Kier molecular flexibility index (Phi) is 5.58. The number of aryl methyl sites for hydroxylation is 1. The highest BCUT2D eigenvalue weighted by Crippen LogP contribution is 2.30. The average Bonchev–Trinajstić information content (AvgIpc) is 2.49. The second kappa shape index (κ2) is 7.21. The highest BCUT2D eigenvalue weighted by Gasteiger charge is 2.40. The SMILES string of the molecule is CCNC(Cc1ccccc1C)C1(OC)CCOCC1. The maximum absolute atomic E-state index is 5.96. The molecule has 0 saturated carbocycles. The van der Waals surface area contributed by atoms with E-state index in [2.05, 4.69) is 43.4 Å². The molecule has 3 heteroatoms. The highest BCUT2D eigenvalue weighted by atomic mass is 16.5. The summed E-state index contributed by atoms with van der Waals surface area (Å²) in [4.78, 5) is 0. The summed E-state index contributed by atoms with van der Waals surface area (Å²) in [6, 6.07) is 8.96. The summed E-state index contributed by atoms with van der Waals surface area (Å²) in [7, 11) is 1.84. The van der Waals surface area contributed by atoms with Gasteiger partial charge in [-0.15, -0.1) is 0 Å². The normalized spacial score (nSPS) is 19.8. The van der Waals surface area contributed by atoms with Crippen LogP contribution in [-0.4, -0.2) is 38.5 Å². The molecule has 0 radical (unpaired) electrons. The Bertz CT molecular complexity index is 413. The van der Waals surface area contributed by atoms with Crippen LogP contribution in [0.25, 0.3) is 0 Å². The van der Waals surface area contributed by atoms with Crippen LogP contribution in [0, 0.1) is 6.92 Å². The molecule has 1 N–H and O–H groups in total. The first-order chi connectivity index (χ1) is 9.72. The molecule has 0 bridgehead atoms. The molecule has 1 atom stereocenters. The maximum atomic E-state index is 5.96. The molecule has 3 nitrogen and oxygen atoms in total. The number of ether oxygens (including phenoxy) is 2. The zero-order chi connectivity index (χ0) is 14.4. The van der Waals surface area contributed by atoms with Crippen LogP contribution in [0.3, 0.4) is 0 Å². The number of rotatable bonds is 6. The van der Waals surface area contributed by atoms with Crippen molar-refractivity contribution < 1.29 is 9.47 Å². The number of hydrogen-bond acceptors (Lipinski definition) is 3. The summed E-state index contributed by atoms with van der Waals surface area (Å²) in [6.07, 6.45) is 2.94. The van der Waals surface area contributed by atoms with Gasteiger partial charge in [-0.2, -0.15) is 0 Å². The van der Waals surface area contributed by atoms with Gasteiger partial charge in [0, 0.05) is 39.2 Å². The van der Waals surface area contributed by atoms with Crippen molar-refractivity contribution in [2.24, 2.45) is 0 Å². The van der Waals surface area contributed by atoms with Crippen molar-refractivity contribution in [1.29, 1.82) is 0 Å². The molecule has 1 aromatic carbocycles. The van der Waals surface area contributed by atoms with Crippen molar-refractivity contribution in [3.05, 3.63) is 35.4 Å². The predicted molar refractivity (Wildman–Crippen MR) is 82.1 cm³/mol. The standard InChI is InChI=1S/C17H27NO2/c1-4-18-16(13-15-8-6-5-7-14(15)2)17(19-3)9-11-20-12-10-17/h5-8,16,18H,4,9-13H2,1-3H3. The second-order valence-corrected chi connectivity index (χ2v) is 5.62. The monoisotopic (exact) mass is 277 g/mol. The maximum Gasteiger partial charge on any atom is 0.0877 e. The van der Waals surface area contributed by atoms with Crippen molar-refractivity contribution in [3.8, 4) is 0 Å². The third-order valence-electron chi connectivity index (χ3n) is 4.52. The molecule has 1 aromatic rings. The molecule has 1 heterocycles. The van der Waals surface area contributed by atoms with Crippen molar-refractivity contribution in [1.82, 2.24) is 5.32 Å². The van der Waals surface area contributed by atoms with Gasteiger partial charge >= 0.3 is 0 Å². The Morgan fingerprint density at radius 1 is 1.30 bits per heavy atom. The summed E-state index contributed by atoms with van der Waals surface area (Å²) in [5, 5.41) is 3.64. The van der Waals surface area contributed by atoms with Gasteiger partial charge in [0.2, 0.25) is 0 Å². The molecule has 20 heavy (non-hydrogen) atoms. The highest BCUT2D eigenvalue weighted by molar-refractivity contribution is 5.27. The Balaban J connectivity index is 2.19. The molecule has 0 aromatic heterocycles. The van der Waals surface area contributed by atoms with Crippen LogP contribution in [0.2, 0.25) is 0 Å². The summed E-state index contributed by atoms with van der Waals surface area (Å²) in [5.41, 5.74) is 2.66. The van der Waals surface area contributed by atoms with Crippen LogP contribution in [0.1, 0.15) is 30.9 Å². The molecule has 112 valence electrons. The van der Waals surface area contributed by atoms with Crippen LogP contribution in [0.4, 0.5) is 0 Å². The van der Waals surface area contributed by atoms with Gasteiger partial charge in [-0.1, -0.05) is 31.2 Å². The van der Waals surface area contributed by atoms with Gasteiger partial charge in [-0.05, 0) is 31.0 Å². The first kappa shape index (κ1) is 15.5. The Hall–Kier alpha value is -0.900. The lowest BCUT2D eigenvalue weighted by Crippen LogP contribution is -2.56. The largest absolute Gasteiger partial charge is 0.381 e. The first-order valence-electron chi connectivity index (χ1n) is 7.62. The van der Waals surface area contributed by atoms with Gasteiger partial charge in [-0.3, -0.25) is 0 Å². The molecular formula is C17H27NO2. The van der Waals surface area contributed by atoms with Crippen LogP contribution >= 0.6 is 0 Å². The Morgan fingerprint density at radius 3 is 2.60 bits per heavy atom. The lowest BCUT2D eigenvalue weighted by molar-refractivity contribution is -0.110. The van der Waals surface area contributed by atoms with E-state index in [1.807, 2.05) is 7.11 Å². The van der Waals surface area contributed by atoms with Gasteiger partial charge in [0.15, 0.2) is 0 Å². The molecule has 1 fully saturated rings. The molecule has 1 saturated heterocycles. The fraction of sp³-hybridized carbons (Fsp3) is 0.647. The second-order valence-electron chi connectivity index (χ2n) is 5.62. The lowest BCUT2D eigenvalue weighted by Gasteiger charge is -2.43. The van der Waals surface area contributed by atoms with Crippen LogP contribution < -0.4 is 5.32 Å². The Morgan fingerprint density at radius 2 is 2.00 bits per heavy atom. The third kappa shape index (κ3) is 3.40. The third-order valence-corrected chi connectivity index (χ3v) is 4.52. The van der Waals surface area contributed by atoms with Crippen LogP contribution in [0.15, 0.2) is 24.3 Å². The molecule has 0 amide bonds. The minimum absolute atomic E-state index is 0.101. The molecule has 0 aliphatic carbocycles. The van der Waals surface area contributed by atoms with Crippen molar-refractivity contribution in [2.45, 2.75) is 44.8 Å². The van der Waals surface area contributed by atoms with Crippen molar-refractivity contribution >= 4 is 0 Å². The van der Waals surface area contributed by atoms with E-state index in [1.54, 1.807) is 0 Å². The quantitative estimate of drug-likeness (QED) is 0.867. The molecule has 2 rings (SSSR count). The van der Waals surface area contributed by atoms with Gasteiger partial charge in [-0.25, -0.2) is 0 Å².